The molecule has 0 amide bonds. The van der Waals surface area contributed by atoms with E-state index in [-0.39, 0.29) is 0 Å². The van der Waals surface area contributed by atoms with Crippen molar-refractivity contribution >= 4 is 23.1 Å². The van der Waals surface area contributed by atoms with E-state index in [4.69, 9.17) is 4.98 Å². The second-order valence-electron chi connectivity index (χ2n) is 3.89. The molecule has 0 bridgehead atoms. The normalized spacial score (nSPS) is 13.0. The first-order chi connectivity index (χ1) is 7.71. The van der Waals surface area contributed by atoms with Crippen molar-refractivity contribution in [1.82, 2.24) is 10.3 Å². The van der Waals surface area contributed by atoms with E-state index >= 15 is 0 Å². The van der Waals surface area contributed by atoms with E-state index in [2.05, 4.69) is 26.1 Å². The van der Waals surface area contributed by atoms with Gasteiger partial charge in [0.25, 0.3) is 0 Å². The van der Waals surface area contributed by atoms with E-state index in [9.17, 15) is 0 Å². The largest absolute Gasteiger partial charge is 0.315 e. The molecule has 0 aliphatic heterocycles. The zero-order chi connectivity index (χ0) is 12.0. The van der Waals surface area contributed by atoms with Gasteiger partial charge in [-0.05, 0) is 19.9 Å². The number of aryl methyl sites for hydroxylation is 1. The Bertz CT molecular complexity index is 310. The van der Waals surface area contributed by atoms with Crippen LogP contribution in [-0.4, -0.2) is 17.3 Å². The molecule has 1 heterocycles. The van der Waals surface area contributed by atoms with Gasteiger partial charge in [-0.2, -0.15) is 11.8 Å². The summed E-state index contributed by atoms with van der Waals surface area (Å²) in [5.74, 6) is 1.07. The third-order valence-electron chi connectivity index (χ3n) is 2.56. The molecule has 0 fully saturated rings. The first kappa shape index (κ1) is 14.0. The highest BCUT2D eigenvalue weighted by Crippen LogP contribution is 2.25. The van der Waals surface area contributed by atoms with Gasteiger partial charge in [0, 0.05) is 22.4 Å². The fourth-order valence-corrected chi connectivity index (χ4v) is 3.54. The number of hydrogen-bond donors (Lipinski definition) is 1. The van der Waals surface area contributed by atoms with E-state index in [1.165, 1.54) is 22.0 Å². The third-order valence-corrected chi connectivity index (χ3v) is 5.18. The predicted molar refractivity (Wildman–Crippen MR) is 75.3 cm³/mol. The molecule has 2 nitrogen and oxygen atoms in total. The van der Waals surface area contributed by atoms with Crippen molar-refractivity contribution in [2.75, 3.05) is 7.05 Å². The van der Waals surface area contributed by atoms with Gasteiger partial charge in [0.15, 0.2) is 0 Å². The maximum absolute atomic E-state index is 4.71. The highest BCUT2D eigenvalue weighted by molar-refractivity contribution is 7.99. The summed E-state index contributed by atoms with van der Waals surface area (Å²) in [6.45, 7) is 7.66. The van der Waals surface area contributed by atoms with Crippen LogP contribution in [0.15, 0.2) is 0 Å². The summed E-state index contributed by atoms with van der Waals surface area (Å²) in [5, 5.41) is 5.23. The van der Waals surface area contributed by atoms with E-state index in [1.807, 2.05) is 30.1 Å². The van der Waals surface area contributed by atoms with Gasteiger partial charge in [-0.3, -0.25) is 0 Å². The lowest BCUT2D eigenvalue weighted by atomic mass is 10.3. The first-order valence-corrected chi connectivity index (χ1v) is 7.81. The molecule has 4 heteroatoms. The van der Waals surface area contributed by atoms with E-state index in [0.717, 1.165) is 24.0 Å². The second-order valence-corrected chi connectivity index (χ2v) is 6.49. The standard InChI is InChI=1S/C12H22N2S2/c1-5-9(3)15-8-12-14-10(6-2)11(16-12)7-13-4/h9,13H,5-8H2,1-4H3. The Morgan fingerprint density at radius 1 is 1.44 bits per heavy atom. The number of aromatic nitrogens is 1. The number of nitrogens with zero attached hydrogens (tertiary/aromatic N) is 1. The van der Waals surface area contributed by atoms with Crippen molar-refractivity contribution in [3.05, 3.63) is 15.6 Å². The van der Waals surface area contributed by atoms with Crippen LogP contribution in [0.1, 0.15) is 42.8 Å². The number of rotatable bonds is 7. The van der Waals surface area contributed by atoms with Crippen LogP contribution in [0.25, 0.3) is 0 Å². The lowest BCUT2D eigenvalue weighted by Crippen LogP contribution is -2.05. The van der Waals surface area contributed by atoms with Gasteiger partial charge in [-0.25, -0.2) is 4.98 Å². The summed E-state index contributed by atoms with van der Waals surface area (Å²) < 4.78 is 0. The summed E-state index contributed by atoms with van der Waals surface area (Å²) >= 11 is 3.87. The molecule has 0 aliphatic carbocycles. The van der Waals surface area contributed by atoms with Gasteiger partial charge in [0.2, 0.25) is 0 Å². The summed E-state index contributed by atoms with van der Waals surface area (Å²) in [7, 11) is 1.99. The highest BCUT2D eigenvalue weighted by atomic mass is 32.2. The van der Waals surface area contributed by atoms with Crippen LogP contribution in [0.3, 0.4) is 0 Å². The molecule has 0 aromatic carbocycles. The number of nitrogens with one attached hydrogen (secondary N) is 1. The molecule has 1 unspecified atom stereocenters. The highest BCUT2D eigenvalue weighted by Gasteiger charge is 2.10. The van der Waals surface area contributed by atoms with Crippen molar-refractivity contribution in [1.29, 1.82) is 0 Å². The monoisotopic (exact) mass is 258 g/mol. The maximum Gasteiger partial charge on any atom is 0.103 e. The molecule has 0 radical (unpaired) electrons. The molecule has 1 atom stereocenters. The van der Waals surface area contributed by atoms with Crippen molar-refractivity contribution in [2.24, 2.45) is 0 Å². The number of thiazole rings is 1. The van der Waals surface area contributed by atoms with Gasteiger partial charge >= 0.3 is 0 Å². The number of hydrogen-bond acceptors (Lipinski definition) is 4. The Morgan fingerprint density at radius 2 is 2.19 bits per heavy atom. The Kier molecular flexibility index (Phi) is 6.39. The van der Waals surface area contributed by atoms with Gasteiger partial charge in [0.1, 0.15) is 5.01 Å². The minimum atomic E-state index is 0.738. The van der Waals surface area contributed by atoms with Crippen LogP contribution in [0, 0.1) is 0 Å². The molecule has 0 aliphatic rings. The molecule has 92 valence electrons. The molecular weight excluding hydrogens is 236 g/mol. The summed E-state index contributed by atoms with van der Waals surface area (Å²) in [4.78, 5) is 6.12. The molecule has 1 aromatic heterocycles. The molecular formula is C12H22N2S2. The SMILES string of the molecule is CCc1nc(CSC(C)CC)sc1CNC. The van der Waals surface area contributed by atoms with Gasteiger partial charge in [-0.1, -0.05) is 20.8 Å². The first-order valence-electron chi connectivity index (χ1n) is 5.94. The van der Waals surface area contributed by atoms with Gasteiger partial charge < -0.3 is 5.32 Å². The molecule has 1 rings (SSSR count). The Labute approximate surface area is 107 Å². The lowest BCUT2D eigenvalue weighted by molar-refractivity contribution is 0.814. The van der Waals surface area contributed by atoms with E-state index < -0.39 is 0 Å². The maximum atomic E-state index is 4.71. The number of thioether (sulfide) groups is 1. The smallest absolute Gasteiger partial charge is 0.103 e. The van der Waals surface area contributed by atoms with Crippen molar-refractivity contribution in [2.45, 2.75) is 51.2 Å². The van der Waals surface area contributed by atoms with Crippen LogP contribution in [0.4, 0.5) is 0 Å². The fraction of sp³-hybridized carbons (Fsp3) is 0.750. The van der Waals surface area contributed by atoms with E-state index in [1.54, 1.807) is 0 Å². The molecule has 1 N–H and O–H groups in total. The summed E-state index contributed by atoms with van der Waals surface area (Å²) in [6.07, 6.45) is 2.28. The van der Waals surface area contributed by atoms with Crippen LogP contribution in [0.2, 0.25) is 0 Å². The Balaban J connectivity index is 2.60. The summed E-state index contributed by atoms with van der Waals surface area (Å²) in [6, 6.07) is 0. The lowest BCUT2D eigenvalue weighted by Gasteiger charge is -2.05. The molecule has 0 spiro atoms. The average Bonchev–Trinajstić information content (AvgIpc) is 2.69. The van der Waals surface area contributed by atoms with Crippen molar-refractivity contribution < 1.29 is 0 Å². The van der Waals surface area contributed by atoms with Crippen LogP contribution < -0.4 is 5.32 Å². The second kappa shape index (κ2) is 7.30. The van der Waals surface area contributed by atoms with Gasteiger partial charge in [-0.15, -0.1) is 11.3 Å². The van der Waals surface area contributed by atoms with Crippen LogP contribution in [-0.2, 0) is 18.7 Å². The molecule has 16 heavy (non-hydrogen) atoms. The van der Waals surface area contributed by atoms with Crippen molar-refractivity contribution in [3.63, 3.8) is 0 Å². The van der Waals surface area contributed by atoms with E-state index in [0.29, 0.717) is 0 Å². The summed E-state index contributed by atoms with van der Waals surface area (Å²) in [5.41, 5.74) is 1.28. The van der Waals surface area contributed by atoms with Crippen molar-refractivity contribution in [3.8, 4) is 0 Å². The molecule has 0 saturated heterocycles. The zero-order valence-electron chi connectivity index (χ0n) is 10.7. The average molecular weight is 258 g/mol. The minimum absolute atomic E-state index is 0.738. The van der Waals surface area contributed by atoms with Crippen LogP contribution >= 0.6 is 23.1 Å². The zero-order valence-corrected chi connectivity index (χ0v) is 12.3. The fourth-order valence-electron chi connectivity index (χ4n) is 1.40. The minimum Gasteiger partial charge on any atom is -0.315 e. The quantitative estimate of drug-likeness (QED) is 0.811. The Hall–Kier alpha value is -0.0600. The topological polar surface area (TPSA) is 24.9 Å². The molecule has 1 aromatic rings. The van der Waals surface area contributed by atoms with Gasteiger partial charge in [0.05, 0.1) is 5.69 Å². The molecule has 0 saturated carbocycles. The third kappa shape index (κ3) is 4.07. The van der Waals surface area contributed by atoms with Crippen LogP contribution in [0.5, 0.6) is 0 Å². The predicted octanol–water partition coefficient (Wildman–Crippen LogP) is 3.46. The Morgan fingerprint density at radius 3 is 2.75 bits per heavy atom.